The van der Waals surface area contributed by atoms with Crippen molar-refractivity contribution >= 4 is 66.7 Å². The molecule has 6 nitrogen and oxygen atoms in total. The summed E-state index contributed by atoms with van der Waals surface area (Å²) >= 11 is 0. The van der Waals surface area contributed by atoms with Gasteiger partial charge in [-0.15, -0.1) is 0 Å². The lowest BCUT2D eigenvalue weighted by Crippen LogP contribution is -2.42. The zero-order valence-corrected chi connectivity index (χ0v) is 28.4. The molecule has 50 heavy (non-hydrogen) atoms. The predicted molar refractivity (Wildman–Crippen MR) is 201 cm³/mol. The maximum Gasteiger partial charge on any atom is 0.262 e. The molecule has 0 aliphatic heterocycles. The molecule has 7 aromatic carbocycles. The van der Waals surface area contributed by atoms with Crippen LogP contribution in [0.4, 0.5) is 0 Å². The number of nitrogens with zero attached hydrogens (tertiary/aromatic N) is 2. The summed E-state index contributed by atoms with van der Waals surface area (Å²) in [5.41, 5.74) is 1.46. The highest BCUT2D eigenvalue weighted by atomic mass is 16.2. The van der Waals surface area contributed by atoms with Gasteiger partial charge >= 0.3 is 0 Å². The van der Waals surface area contributed by atoms with Gasteiger partial charge in [-0.3, -0.25) is 29.0 Å². The summed E-state index contributed by atoms with van der Waals surface area (Å²) in [7, 11) is 0. The Morgan fingerprint density at radius 1 is 0.380 bits per heavy atom. The van der Waals surface area contributed by atoms with Crippen LogP contribution in [-0.4, -0.2) is 45.5 Å². The fraction of sp³-hybridized carbons (Fsp3) is 0.136. The Morgan fingerprint density at radius 2 is 0.640 bits per heavy atom. The topological polar surface area (TPSA) is 74.8 Å². The quantitative estimate of drug-likeness (QED) is 0.132. The first-order valence-corrected chi connectivity index (χ1v) is 16.8. The van der Waals surface area contributed by atoms with Gasteiger partial charge in [-0.25, -0.2) is 0 Å². The molecule has 6 heteroatoms. The van der Waals surface area contributed by atoms with E-state index in [2.05, 4.69) is 0 Å². The first-order valence-electron chi connectivity index (χ1n) is 16.8. The van der Waals surface area contributed by atoms with Gasteiger partial charge in [0.25, 0.3) is 23.6 Å². The van der Waals surface area contributed by atoms with Gasteiger partial charge in [0.15, 0.2) is 0 Å². The van der Waals surface area contributed by atoms with Crippen molar-refractivity contribution in [2.45, 2.75) is 39.8 Å². The monoisotopic (exact) mass is 656 g/mol. The molecule has 0 heterocycles. The van der Waals surface area contributed by atoms with E-state index in [0.29, 0.717) is 11.1 Å². The zero-order valence-electron chi connectivity index (χ0n) is 28.4. The molecule has 0 aliphatic rings. The average molecular weight is 657 g/mol. The van der Waals surface area contributed by atoms with Crippen LogP contribution in [0, 0.1) is 0 Å². The Bertz CT molecular complexity index is 2200. The van der Waals surface area contributed by atoms with Crippen LogP contribution in [-0.2, 0) is 0 Å². The number of imide groups is 2. The molecule has 0 aliphatic carbocycles. The molecule has 0 unspecified atom stereocenters. The predicted octanol–water partition coefficient (Wildman–Crippen LogP) is 9.68. The van der Waals surface area contributed by atoms with E-state index in [1.54, 1.807) is 24.3 Å². The van der Waals surface area contributed by atoms with Crippen LogP contribution in [0.2, 0.25) is 0 Å². The fourth-order valence-electron chi connectivity index (χ4n) is 6.89. The van der Waals surface area contributed by atoms with Crippen LogP contribution in [0.25, 0.3) is 43.1 Å². The second-order valence-corrected chi connectivity index (χ2v) is 13.1. The number of amides is 4. The minimum Gasteiger partial charge on any atom is -0.272 e. The zero-order chi connectivity index (χ0) is 35.1. The lowest BCUT2D eigenvalue weighted by atomic mass is 9.95. The van der Waals surface area contributed by atoms with Crippen molar-refractivity contribution < 1.29 is 19.2 Å². The van der Waals surface area contributed by atoms with Gasteiger partial charge in [-0.05, 0) is 107 Å². The number of benzene rings is 7. The van der Waals surface area contributed by atoms with Gasteiger partial charge in [0.1, 0.15) is 0 Å². The van der Waals surface area contributed by atoms with Gasteiger partial charge in [0.2, 0.25) is 0 Å². The van der Waals surface area contributed by atoms with E-state index in [9.17, 15) is 19.2 Å². The third-order valence-electron chi connectivity index (χ3n) is 9.26. The van der Waals surface area contributed by atoms with Gasteiger partial charge < -0.3 is 0 Å². The molecule has 246 valence electrons. The fourth-order valence-corrected chi connectivity index (χ4v) is 6.89. The van der Waals surface area contributed by atoms with Crippen molar-refractivity contribution in [2.24, 2.45) is 0 Å². The molecule has 0 spiro atoms. The van der Waals surface area contributed by atoms with E-state index in [1.165, 1.54) is 9.80 Å². The Labute approximate surface area is 290 Å². The largest absolute Gasteiger partial charge is 0.272 e. The maximum atomic E-state index is 14.4. The van der Waals surface area contributed by atoms with Crippen molar-refractivity contribution in [2.75, 3.05) is 0 Å². The first kappa shape index (κ1) is 32.4. The smallest absolute Gasteiger partial charge is 0.262 e. The summed E-state index contributed by atoms with van der Waals surface area (Å²) in [6.07, 6.45) is 0. The minimum absolute atomic E-state index is 0.260. The Hall–Kier alpha value is -6.14. The summed E-state index contributed by atoms with van der Waals surface area (Å²) in [5, 5.41) is 6.73. The molecule has 0 atom stereocenters. The van der Waals surface area contributed by atoms with E-state index >= 15 is 0 Å². The Balaban J connectivity index is 1.23. The summed E-state index contributed by atoms with van der Waals surface area (Å²) in [6.45, 7) is 7.24. The number of rotatable bonds is 6. The highest BCUT2D eigenvalue weighted by Crippen LogP contribution is 2.32. The van der Waals surface area contributed by atoms with Crippen LogP contribution < -0.4 is 0 Å². The van der Waals surface area contributed by atoms with Gasteiger partial charge in [-0.1, -0.05) is 97.1 Å². The SMILES string of the molecule is CC(C)N(C(=O)c1ccc(C(=O)N(C(=O)c2c3ccccc3cc3ccccc23)C(C)C)cc1)C(=O)c1c2ccccc2cc2ccccc12. The normalized spacial score (nSPS) is 11.5. The third-order valence-corrected chi connectivity index (χ3v) is 9.26. The van der Waals surface area contributed by atoms with Gasteiger partial charge in [0.05, 0.1) is 11.1 Å². The summed E-state index contributed by atoms with van der Waals surface area (Å²) in [5.74, 6) is -1.73. The molecule has 0 aromatic heterocycles. The number of carbonyl (C=O) groups excluding carboxylic acids is 4. The van der Waals surface area contributed by atoms with Crippen molar-refractivity contribution in [1.82, 2.24) is 9.80 Å². The van der Waals surface area contributed by atoms with Gasteiger partial charge in [0, 0.05) is 23.2 Å². The third kappa shape index (κ3) is 5.59. The molecule has 0 N–H and O–H groups in total. The summed E-state index contributed by atoms with van der Waals surface area (Å²) < 4.78 is 0. The van der Waals surface area contributed by atoms with Crippen LogP contribution in [0.1, 0.15) is 69.1 Å². The standard InChI is InChI=1S/C44H36N2O4/c1-27(2)45(43(49)39-35-17-9-5-13-31(35)25-32-14-6-10-18-36(32)39)41(47)29-21-23-30(24-22-29)42(48)46(28(3)4)44(50)40-37-19-11-7-15-33(37)26-34-16-8-12-20-38(34)40/h5-28H,1-4H3. The van der Waals surface area contributed by atoms with E-state index in [4.69, 9.17) is 0 Å². The van der Waals surface area contributed by atoms with Crippen LogP contribution >= 0.6 is 0 Å². The molecule has 4 amide bonds. The van der Waals surface area contributed by atoms with Crippen molar-refractivity contribution in [1.29, 1.82) is 0 Å². The van der Waals surface area contributed by atoms with Crippen molar-refractivity contribution in [3.05, 3.63) is 156 Å². The van der Waals surface area contributed by atoms with Crippen molar-refractivity contribution in [3.8, 4) is 0 Å². The molecule has 0 saturated carbocycles. The number of hydrogen-bond donors (Lipinski definition) is 0. The molecule has 0 saturated heterocycles. The molecule has 7 rings (SSSR count). The van der Waals surface area contributed by atoms with E-state index in [1.807, 2.05) is 137 Å². The average Bonchev–Trinajstić information content (AvgIpc) is 3.12. The highest BCUT2D eigenvalue weighted by Gasteiger charge is 2.32. The highest BCUT2D eigenvalue weighted by molar-refractivity contribution is 6.24. The Kier molecular flexibility index (Phi) is 8.46. The summed E-state index contributed by atoms with van der Waals surface area (Å²) in [6, 6.07) is 40.1. The lowest BCUT2D eigenvalue weighted by molar-refractivity contribution is 0.0552. The number of fused-ring (bicyclic) bond motifs is 4. The van der Waals surface area contributed by atoms with Gasteiger partial charge in [-0.2, -0.15) is 0 Å². The van der Waals surface area contributed by atoms with E-state index in [0.717, 1.165) is 43.1 Å². The van der Waals surface area contributed by atoms with Crippen LogP contribution in [0.15, 0.2) is 133 Å². The number of carbonyl (C=O) groups is 4. The molecular weight excluding hydrogens is 620 g/mol. The maximum absolute atomic E-state index is 14.4. The second-order valence-electron chi connectivity index (χ2n) is 13.1. The van der Waals surface area contributed by atoms with E-state index in [-0.39, 0.29) is 11.1 Å². The minimum atomic E-state index is -0.472. The first-order chi connectivity index (χ1) is 24.2. The molecule has 0 bridgehead atoms. The molecule has 7 aromatic rings. The molecular formula is C44H36N2O4. The molecule has 0 fully saturated rings. The van der Waals surface area contributed by atoms with E-state index < -0.39 is 35.7 Å². The lowest BCUT2D eigenvalue weighted by Gasteiger charge is -2.27. The summed E-state index contributed by atoms with van der Waals surface area (Å²) in [4.78, 5) is 59.5. The second kappa shape index (κ2) is 13.1. The Morgan fingerprint density at radius 3 is 0.900 bits per heavy atom. The number of hydrogen-bond acceptors (Lipinski definition) is 4. The van der Waals surface area contributed by atoms with Crippen LogP contribution in [0.3, 0.4) is 0 Å². The molecule has 0 radical (unpaired) electrons. The van der Waals surface area contributed by atoms with Crippen molar-refractivity contribution in [3.63, 3.8) is 0 Å². The van der Waals surface area contributed by atoms with Crippen LogP contribution in [0.5, 0.6) is 0 Å².